The van der Waals surface area contributed by atoms with Crippen LogP contribution in [0.3, 0.4) is 0 Å². The van der Waals surface area contributed by atoms with Gasteiger partial charge in [0.15, 0.2) is 5.82 Å². The highest BCUT2D eigenvalue weighted by Gasteiger charge is 2.29. The Bertz CT molecular complexity index is 820. The smallest absolute Gasteiger partial charge is 0.354 e. The van der Waals surface area contributed by atoms with E-state index in [1.54, 1.807) is 6.07 Å². The van der Waals surface area contributed by atoms with E-state index in [0.29, 0.717) is 22.8 Å². The van der Waals surface area contributed by atoms with Crippen molar-refractivity contribution in [3.8, 4) is 12.1 Å². The Hall–Kier alpha value is -2.49. The monoisotopic (exact) mass is 400 g/mol. The van der Waals surface area contributed by atoms with Crippen molar-refractivity contribution in [2.75, 3.05) is 82.1 Å². The number of piperazine rings is 1. The third-order valence-electron chi connectivity index (χ3n) is 5.12. The molecule has 0 aromatic carbocycles. The van der Waals surface area contributed by atoms with E-state index in [4.69, 9.17) is 4.98 Å². The van der Waals surface area contributed by atoms with Crippen molar-refractivity contribution in [2.24, 2.45) is 0 Å². The molecular formula is C19H28N8S+2. The summed E-state index contributed by atoms with van der Waals surface area (Å²) in [4.78, 5) is 10.7. The number of nitrogens with zero attached hydrogens (tertiary/aromatic N) is 6. The lowest BCUT2D eigenvalue weighted by molar-refractivity contribution is -0.883. The SMILES string of the molecule is C[N+](C)=C(Nc1nc(N2CCSCC2)c(C#N)cc1C#N)N1CC[NH+](C)CC1. The molecule has 3 heterocycles. The maximum atomic E-state index is 9.64. The molecule has 8 nitrogen and oxygen atoms in total. The van der Waals surface area contributed by atoms with E-state index in [2.05, 4.69) is 34.3 Å². The molecule has 0 saturated carbocycles. The van der Waals surface area contributed by atoms with Crippen LogP contribution >= 0.6 is 11.8 Å². The summed E-state index contributed by atoms with van der Waals surface area (Å²) < 4.78 is 2.03. The Labute approximate surface area is 171 Å². The zero-order chi connectivity index (χ0) is 20.1. The minimum absolute atomic E-state index is 0.394. The van der Waals surface area contributed by atoms with Crippen LogP contribution in [-0.4, -0.2) is 92.3 Å². The van der Waals surface area contributed by atoms with Crippen LogP contribution in [0.2, 0.25) is 0 Å². The Kier molecular flexibility index (Phi) is 6.61. The summed E-state index contributed by atoms with van der Waals surface area (Å²) in [7, 11) is 6.19. The molecule has 28 heavy (non-hydrogen) atoms. The fourth-order valence-corrected chi connectivity index (χ4v) is 4.37. The average Bonchev–Trinajstić information content (AvgIpc) is 2.72. The number of quaternary nitrogens is 1. The van der Waals surface area contributed by atoms with Crippen LogP contribution in [0.15, 0.2) is 6.07 Å². The number of pyridine rings is 1. The summed E-state index contributed by atoms with van der Waals surface area (Å²) in [5.74, 6) is 4.17. The first kappa shape index (κ1) is 20.2. The molecule has 0 unspecified atom stereocenters. The second-order valence-corrected chi connectivity index (χ2v) is 8.59. The number of rotatable bonds is 2. The number of nitriles is 2. The third kappa shape index (κ3) is 4.49. The number of thioether (sulfide) groups is 1. The first-order chi connectivity index (χ1) is 13.5. The van der Waals surface area contributed by atoms with Crippen LogP contribution < -0.4 is 15.1 Å². The lowest BCUT2D eigenvalue weighted by Gasteiger charge is -2.29. The second-order valence-electron chi connectivity index (χ2n) is 7.37. The van der Waals surface area contributed by atoms with E-state index in [9.17, 15) is 10.5 Å². The minimum atomic E-state index is 0.394. The van der Waals surface area contributed by atoms with Crippen LogP contribution in [0.4, 0.5) is 11.6 Å². The first-order valence-electron chi connectivity index (χ1n) is 9.59. The molecule has 0 radical (unpaired) electrons. The van der Waals surface area contributed by atoms with Gasteiger partial charge in [0.1, 0.15) is 43.9 Å². The molecule has 2 N–H and O–H groups in total. The van der Waals surface area contributed by atoms with Crippen LogP contribution in [0.25, 0.3) is 0 Å². The lowest BCUT2D eigenvalue weighted by Crippen LogP contribution is -3.12. The van der Waals surface area contributed by atoms with Gasteiger partial charge >= 0.3 is 5.96 Å². The van der Waals surface area contributed by atoms with Gasteiger partial charge in [0.05, 0.1) is 26.7 Å². The molecule has 2 saturated heterocycles. The number of guanidine groups is 1. The molecule has 0 atom stereocenters. The predicted octanol–water partition coefficient (Wildman–Crippen LogP) is -0.752. The number of hydrogen-bond acceptors (Lipinski definition) is 5. The minimum Gasteiger partial charge on any atom is -0.354 e. The molecule has 2 aliphatic heterocycles. The molecule has 1 aromatic rings. The summed E-state index contributed by atoms with van der Waals surface area (Å²) in [5.41, 5.74) is 0.856. The molecule has 148 valence electrons. The highest BCUT2D eigenvalue weighted by molar-refractivity contribution is 7.99. The number of likely N-dealkylation sites (N-methyl/N-ethyl adjacent to an activating group) is 1. The highest BCUT2D eigenvalue weighted by Crippen LogP contribution is 2.26. The Morgan fingerprint density at radius 2 is 1.79 bits per heavy atom. The summed E-state index contributed by atoms with van der Waals surface area (Å²) in [5, 5.41) is 22.6. The topological polar surface area (TPSA) is 86.4 Å². The van der Waals surface area contributed by atoms with Crippen molar-refractivity contribution in [3.63, 3.8) is 0 Å². The van der Waals surface area contributed by atoms with E-state index < -0.39 is 0 Å². The van der Waals surface area contributed by atoms with E-state index in [1.807, 2.05) is 30.4 Å². The van der Waals surface area contributed by atoms with Crippen LogP contribution in [0.5, 0.6) is 0 Å². The molecule has 2 fully saturated rings. The lowest BCUT2D eigenvalue weighted by atomic mass is 10.1. The number of anilines is 2. The molecule has 0 spiro atoms. The van der Waals surface area contributed by atoms with E-state index in [-0.39, 0.29) is 0 Å². The normalized spacial score (nSPS) is 17.6. The van der Waals surface area contributed by atoms with Crippen molar-refractivity contribution in [1.29, 1.82) is 10.5 Å². The zero-order valence-corrected chi connectivity index (χ0v) is 17.6. The van der Waals surface area contributed by atoms with Gasteiger partial charge in [0.2, 0.25) is 5.82 Å². The fraction of sp³-hybridized carbons (Fsp3) is 0.579. The van der Waals surface area contributed by atoms with Gasteiger partial charge in [-0.25, -0.2) is 5.32 Å². The van der Waals surface area contributed by atoms with E-state index >= 15 is 0 Å². The molecule has 3 rings (SSSR count). The van der Waals surface area contributed by atoms with Gasteiger partial charge in [-0.1, -0.05) is 0 Å². The molecule has 9 heteroatoms. The van der Waals surface area contributed by atoms with E-state index in [1.165, 1.54) is 4.90 Å². The van der Waals surface area contributed by atoms with Crippen LogP contribution in [0, 0.1) is 22.7 Å². The summed E-state index contributed by atoms with van der Waals surface area (Å²) in [6, 6.07) is 6.08. The molecule has 0 bridgehead atoms. The van der Waals surface area contributed by atoms with Crippen molar-refractivity contribution < 1.29 is 9.48 Å². The Morgan fingerprint density at radius 3 is 2.36 bits per heavy atom. The largest absolute Gasteiger partial charge is 0.354 e. The van der Waals surface area contributed by atoms with E-state index in [0.717, 1.165) is 56.7 Å². The Morgan fingerprint density at radius 1 is 1.14 bits per heavy atom. The van der Waals surface area contributed by atoms with Gasteiger partial charge in [0, 0.05) is 24.6 Å². The number of nitrogens with one attached hydrogen (secondary N) is 2. The highest BCUT2D eigenvalue weighted by atomic mass is 32.2. The van der Waals surface area contributed by atoms with Gasteiger partial charge < -0.3 is 9.80 Å². The fourth-order valence-electron chi connectivity index (χ4n) is 3.46. The standard InChI is InChI=1S/C19H26N8S/c1-24(2)19(27-6-4-25(3)5-7-27)23-17-15(13-20)12-16(14-21)18(22-17)26-8-10-28-11-9-26/h12H,4-11H2,1-3H3/p+2. The van der Waals surface area contributed by atoms with Crippen molar-refractivity contribution in [2.45, 2.75) is 0 Å². The molecule has 0 aliphatic carbocycles. The van der Waals surface area contributed by atoms with Gasteiger partial charge in [-0.3, -0.25) is 9.48 Å². The summed E-state index contributed by atoms with van der Waals surface area (Å²) >= 11 is 1.91. The van der Waals surface area contributed by atoms with Crippen LogP contribution in [-0.2, 0) is 0 Å². The molecule has 1 aromatic heterocycles. The zero-order valence-electron chi connectivity index (χ0n) is 16.8. The van der Waals surface area contributed by atoms with Gasteiger partial charge in [-0.15, -0.1) is 0 Å². The maximum absolute atomic E-state index is 9.64. The van der Waals surface area contributed by atoms with Gasteiger partial charge in [-0.05, 0) is 6.07 Å². The maximum Gasteiger partial charge on any atom is 0.354 e. The van der Waals surface area contributed by atoms with Crippen molar-refractivity contribution in [1.82, 2.24) is 9.88 Å². The molecule has 0 amide bonds. The van der Waals surface area contributed by atoms with Crippen molar-refractivity contribution in [3.05, 3.63) is 17.2 Å². The number of aromatic nitrogens is 1. The Balaban J connectivity index is 1.94. The molecular weight excluding hydrogens is 372 g/mol. The molecule has 2 aliphatic rings. The quantitative estimate of drug-likeness (QED) is 0.384. The second kappa shape index (κ2) is 9.13. The van der Waals surface area contributed by atoms with Crippen LogP contribution in [0.1, 0.15) is 11.1 Å². The summed E-state index contributed by atoms with van der Waals surface area (Å²) in [6.45, 7) is 5.76. The van der Waals surface area contributed by atoms with Gasteiger partial charge in [-0.2, -0.15) is 27.3 Å². The first-order valence-corrected chi connectivity index (χ1v) is 10.7. The number of hydrogen-bond donors (Lipinski definition) is 2. The average molecular weight is 401 g/mol. The summed E-state index contributed by atoms with van der Waals surface area (Å²) in [6.07, 6.45) is 0. The van der Waals surface area contributed by atoms with Crippen molar-refractivity contribution >= 4 is 29.4 Å². The predicted molar refractivity (Wildman–Crippen MR) is 112 cm³/mol. The third-order valence-corrected chi connectivity index (χ3v) is 6.07. The van der Waals surface area contributed by atoms with Gasteiger partial charge in [0.25, 0.3) is 0 Å².